The Bertz CT molecular complexity index is 822. The van der Waals surface area contributed by atoms with Crippen LogP contribution in [-0.2, 0) is 11.3 Å². The zero-order chi connectivity index (χ0) is 16.2. The lowest BCUT2D eigenvalue weighted by molar-refractivity contribution is -0.125. The molecule has 2 aromatic carbocycles. The van der Waals surface area contributed by atoms with Gasteiger partial charge in [-0.1, -0.05) is 24.3 Å². The molecule has 0 saturated carbocycles. The van der Waals surface area contributed by atoms with Gasteiger partial charge >= 0.3 is 0 Å². The number of likely N-dealkylation sites (N-methyl/N-ethyl adjacent to an activating group) is 1. The summed E-state index contributed by atoms with van der Waals surface area (Å²) < 4.78 is 14.0. The van der Waals surface area contributed by atoms with Crippen LogP contribution in [-0.4, -0.2) is 22.8 Å². The highest BCUT2D eigenvalue weighted by molar-refractivity contribution is 7.18. The molecule has 1 aromatic heterocycles. The van der Waals surface area contributed by atoms with Crippen LogP contribution in [0.25, 0.3) is 16.3 Å². The third-order valence-electron chi connectivity index (χ3n) is 3.38. The van der Waals surface area contributed by atoms with Crippen molar-refractivity contribution < 1.29 is 9.18 Å². The lowest BCUT2D eigenvalue weighted by Gasteiger charge is -2.12. The summed E-state index contributed by atoms with van der Waals surface area (Å²) in [5.74, 6) is -0.407. The molecule has 0 fully saturated rings. The van der Waals surface area contributed by atoms with Crippen LogP contribution in [0.5, 0.6) is 0 Å². The third kappa shape index (κ3) is 3.81. The van der Waals surface area contributed by atoms with Crippen LogP contribution >= 0.6 is 11.3 Å². The fourth-order valence-electron chi connectivity index (χ4n) is 2.14. The minimum atomic E-state index is -0.290. The Morgan fingerprint density at radius 3 is 2.70 bits per heavy atom. The molecular weight excluding hydrogens is 311 g/mol. The fraction of sp³-hybridized carbons (Fsp3) is 0.111. The van der Waals surface area contributed by atoms with Gasteiger partial charge in [-0.2, -0.15) is 0 Å². The van der Waals surface area contributed by atoms with Crippen molar-refractivity contribution >= 4 is 33.5 Å². The lowest BCUT2D eigenvalue weighted by atomic mass is 10.2. The Hall–Kier alpha value is -2.53. The van der Waals surface area contributed by atoms with Gasteiger partial charge < -0.3 is 4.90 Å². The van der Waals surface area contributed by atoms with E-state index in [9.17, 15) is 9.18 Å². The summed E-state index contributed by atoms with van der Waals surface area (Å²) in [6, 6.07) is 13.9. The SMILES string of the molecule is CN(Cc1nc2ccccc2s1)C(=O)C=Cc1ccc(F)cc1. The second-order valence-corrected chi connectivity index (χ2v) is 6.27. The van der Waals surface area contributed by atoms with E-state index in [2.05, 4.69) is 4.98 Å². The number of fused-ring (bicyclic) bond motifs is 1. The van der Waals surface area contributed by atoms with E-state index in [0.717, 1.165) is 20.8 Å². The molecule has 0 atom stereocenters. The largest absolute Gasteiger partial charge is 0.335 e. The van der Waals surface area contributed by atoms with Crippen molar-refractivity contribution in [1.82, 2.24) is 9.88 Å². The number of para-hydroxylation sites is 1. The number of aromatic nitrogens is 1. The molecular formula is C18H15FN2OS. The van der Waals surface area contributed by atoms with Crippen LogP contribution in [0, 0.1) is 5.82 Å². The first kappa shape index (κ1) is 15.4. The van der Waals surface area contributed by atoms with E-state index in [1.54, 1.807) is 41.5 Å². The number of benzene rings is 2. The Morgan fingerprint density at radius 2 is 1.96 bits per heavy atom. The molecule has 5 heteroatoms. The molecule has 0 saturated heterocycles. The van der Waals surface area contributed by atoms with Gasteiger partial charge in [-0.05, 0) is 35.9 Å². The van der Waals surface area contributed by atoms with Crippen molar-refractivity contribution in [3.63, 3.8) is 0 Å². The number of carbonyl (C=O) groups is 1. The minimum absolute atomic E-state index is 0.117. The second kappa shape index (κ2) is 6.71. The number of hydrogen-bond acceptors (Lipinski definition) is 3. The highest BCUT2D eigenvalue weighted by Gasteiger charge is 2.09. The Labute approximate surface area is 137 Å². The van der Waals surface area contributed by atoms with Crippen LogP contribution in [0.15, 0.2) is 54.6 Å². The van der Waals surface area contributed by atoms with E-state index < -0.39 is 0 Å². The number of hydrogen-bond donors (Lipinski definition) is 0. The Balaban J connectivity index is 1.66. The summed E-state index contributed by atoms with van der Waals surface area (Å²) in [7, 11) is 1.74. The number of nitrogens with zero attached hydrogens (tertiary/aromatic N) is 2. The van der Waals surface area contributed by atoms with Crippen molar-refractivity contribution in [2.45, 2.75) is 6.54 Å². The molecule has 3 aromatic rings. The molecule has 0 aliphatic heterocycles. The highest BCUT2D eigenvalue weighted by atomic mass is 32.1. The van der Waals surface area contributed by atoms with Gasteiger partial charge in [-0.15, -0.1) is 11.3 Å². The first-order chi connectivity index (χ1) is 11.1. The minimum Gasteiger partial charge on any atom is -0.335 e. The van der Waals surface area contributed by atoms with Crippen LogP contribution in [0.2, 0.25) is 0 Å². The van der Waals surface area contributed by atoms with E-state index in [-0.39, 0.29) is 11.7 Å². The average molecular weight is 326 g/mol. The zero-order valence-electron chi connectivity index (χ0n) is 12.6. The van der Waals surface area contributed by atoms with Gasteiger partial charge in [0, 0.05) is 13.1 Å². The number of amides is 1. The van der Waals surface area contributed by atoms with Crippen molar-refractivity contribution in [1.29, 1.82) is 0 Å². The lowest BCUT2D eigenvalue weighted by Crippen LogP contribution is -2.23. The Kier molecular flexibility index (Phi) is 4.48. The van der Waals surface area contributed by atoms with Crippen LogP contribution in [0.1, 0.15) is 10.6 Å². The quantitative estimate of drug-likeness (QED) is 0.676. The summed E-state index contributed by atoms with van der Waals surface area (Å²) in [5.41, 5.74) is 1.74. The molecule has 0 bridgehead atoms. The van der Waals surface area contributed by atoms with Crippen molar-refractivity contribution in [3.8, 4) is 0 Å². The van der Waals surface area contributed by atoms with Crippen molar-refractivity contribution in [3.05, 3.63) is 71.0 Å². The summed E-state index contributed by atoms with van der Waals surface area (Å²) in [4.78, 5) is 18.3. The molecule has 23 heavy (non-hydrogen) atoms. The predicted molar refractivity (Wildman–Crippen MR) is 91.5 cm³/mol. The topological polar surface area (TPSA) is 33.2 Å². The molecule has 0 aliphatic rings. The van der Waals surface area contributed by atoms with Gasteiger partial charge in [0.25, 0.3) is 0 Å². The van der Waals surface area contributed by atoms with E-state index in [1.165, 1.54) is 18.2 Å². The normalized spacial score (nSPS) is 11.2. The summed E-state index contributed by atoms with van der Waals surface area (Å²) in [5, 5.41) is 0.900. The maximum absolute atomic E-state index is 12.8. The van der Waals surface area contributed by atoms with E-state index in [0.29, 0.717) is 6.54 Å². The maximum atomic E-state index is 12.8. The van der Waals surface area contributed by atoms with Crippen LogP contribution in [0.3, 0.4) is 0 Å². The molecule has 0 unspecified atom stereocenters. The smallest absolute Gasteiger partial charge is 0.246 e. The van der Waals surface area contributed by atoms with Crippen LogP contribution in [0.4, 0.5) is 4.39 Å². The van der Waals surface area contributed by atoms with Gasteiger partial charge in [0.2, 0.25) is 5.91 Å². The van der Waals surface area contributed by atoms with Crippen molar-refractivity contribution in [2.24, 2.45) is 0 Å². The maximum Gasteiger partial charge on any atom is 0.246 e. The zero-order valence-corrected chi connectivity index (χ0v) is 13.4. The summed E-state index contributed by atoms with van der Waals surface area (Å²) in [6.07, 6.45) is 3.16. The van der Waals surface area contributed by atoms with Gasteiger partial charge in [-0.3, -0.25) is 4.79 Å². The first-order valence-corrected chi connectivity index (χ1v) is 7.97. The molecule has 1 amide bonds. The first-order valence-electron chi connectivity index (χ1n) is 7.15. The van der Waals surface area contributed by atoms with E-state index >= 15 is 0 Å². The average Bonchev–Trinajstić information content (AvgIpc) is 2.96. The van der Waals surface area contributed by atoms with Gasteiger partial charge in [0.15, 0.2) is 0 Å². The number of halogens is 1. The molecule has 0 spiro atoms. The number of thiazole rings is 1. The summed E-state index contributed by atoms with van der Waals surface area (Å²) >= 11 is 1.59. The van der Waals surface area contributed by atoms with E-state index in [4.69, 9.17) is 0 Å². The number of carbonyl (C=O) groups excluding carboxylic acids is 1. The molecule has 3 nitrogen and oxygen atoms in total. The summed E-state index contributed by atoms with van der Waals surface area (Å²) in [6.45, 7) is 0.464. The van der Waals surface area contributed by atoms with Gasteiger partial charge in [0.1, 0.15) is 10.8 Å². The molecule has 116 valence electrons. The molecule has 0 radical (unpaired) electrons. The number of rotatable bonds is 4. The predicted octanol–water partition coefficient (Wildman–Crippen LogP) is 4.11. The fourth-order valence-corrected chi connectivity index (χ4v) is 3.16. The molecule has 1 heterocycles. The third-order valence-corrected chi connectivity index (χ3v) is 4.40. The molecule has 3 rings (SSSR count). The Morgan fingerprint density at radius 1 is 1.22 bits per heavy atom. The molecule has 0 N–H and O–H groups in total. The molecule has 0 aliphatic carbocycles. The standard InChI is InChI=1S/C18H15FN2OS/c1-21(12-17-20-15-4-2-3-5-16(15)23-17)18(22)11-8-13-6-9-14(19)10-7-13/h2-11H,12H2,1H3. The second-order valence-electron chi connectivity index (χ2n) is 5.15. The highest BCUT2D eigenvalue weighted by Crippen LogP contribution is 2.22. The van der Waals surface area contributed by atoms with Crippen molar-refractivity contribution in [2.75, 3.05) is 7.05 Å². The van der Waals surface area contributed by atoms with Gasteiger partial charge in [0.05, 0.1) is 16.8 Å². The monoisotopic (exact) mass is 326 g/mol. The van der Waals surface area contributed by atoms with Gasteiger partial charge in [-0.25, -0.2) is 9.37 Å². The van der Waals surface area contributed by atoms with E-state index in [1.807, 2.05) is 24.3 Å². The van der Waals surface area contributed by atoms with Crippen LogP contribution < -0.4 is 0 Å².